The summed E-state index contributed by atoms with van der Waals surface area (Å²) in [7, 11) is 1.58. The van der Waals surface area contributed by atoms with Crippen molar-refractivity contribution in [2.45, 2.75) is 38.8 Å². The van der Waals surface area contributed by atoms with Crippen LogP contribution in [0.15, 0.2) is 40.3 Å². The van der Waals surface area contributed by atoms with Crippen molar-refractivity contribution in [3.63, 3.8) is 0 Å². The van der Waals surface area contributed by atoms with Crippen LogP contribution in [0.1, 0.15) is 42.0 Å². The third kappa shape index (κ3) is 3.50. The van der Waals surface area contributed by atoms with Gasteiger partial charge < -0.3 is 23.9 Å². The van der Waals surface area contributed by atoms with E-state index in [4.69, 9.17) is 13.9 Å². The number of likely N-dealkylation sites (tertiary alicyclic amines) is 1. The van der Waals surface area contributed by atoms with E-state index in [9.17, 15) is 14.7 Å². The van der Waals surface area contributed by atoms with Gasteiger partial charge in [0.05, 0.1) is 5.57 Å². The quantitative estimate of drug-likeness (QED) is 0.339. The molecular formula is C23H25NO6. The Hall–Kier alpha value is -3.06. The highest BCUT2D eigenvalue weighted by molar-refractivity contribution is 6.46. The van der Waals surface area contributed by atoms with Crippen LogP contribution in [0, 0.1) is 6.92 Å². The fourth-order valence-electron chi connectivity index (χ4n) is 4.11. The smallest absolute Gasteiger partial charge is 0.295 e. The number of rotatable bonds is 6. The second-order valence-electron chi connectivity index (χ2n) is 7.74. The number of aliphatic hydroxyl groups is 1. The fraction of sp³-hybridized carbons (Fsp3) is 0.391. The number of fused-ring (bicyclic) bond motifs is 1. The van der Waals surface area contributed by atoms with E-state index in [1.54, 1.807) is 38.3 Å². The molecular weight excluding hydrogens is 386 g/mol. The summed E-state index contributed by atoms with van der Waals surface area (Å²) < 4.78 is 16.6. The minimum absolute atomic E-state index is 0.0404. The molecule has 2 aromatic rings. The van der Waals surface area contributed by atoms with Crippen molar-refractivity contribution in [2.24, 2.45) is 0 Å². The number of ketones is 1. The van der Waals surface area contributed by atoms with Crippen molar-refractivity contribution in [3.05, 3.63) is 58.6 Å². The molecule has 0 aliphatic carbocycles. The van der Waals surface area contributed by atoms with Crippen LogP contribution in [-0.2, 0) is 20.7 Å². The molecule has 4 rings (SSSR count). The van der Waals surface area contributed by atoms with E-state index in [0.29, 0.717) is 36.7 Å². The number of benzene rings is 1. The summed E-state index contributed by atoms with van der Waals surface area (Å²) >= 11 is 0. The number of carbonyl (C=O) groups excluding carboxylic acids is 2. The zero-order chi connectivity index (χ0) is 21.4. The highest BCUT2D eigenvalue weighted by Gasteiger charge is 2.47. The molecule has 0 bridgehead atoms. The molecule has 2 aliphatic heterocycles. The molecule has 7 heteroatoms. The van der Waals surface area contributed by atoms with Gasteiger partial charge in [-0.25, -0.2) is 0 Å². The van der Waals surface area contributed by atoms with Crippen molar-refractivity contribution in [1.29, 1.82) is 0 Å². The largest absolute Gasteiger partial charge is 0.507 e. The predicted octanol–water partition coefficient (Wildman–Crippen LogP) is 3.37. The van der Waals surface area contributed by atoms with Crippen molar-refractivity contribution in [2.75, 3.05) is 20.3 Å². The Morgan fingerprint density at radius 3 is 2.77 bits per heavy atom. The van der Waals surface area contributed by atoms with Crippen LogP contribution in [0.4, 0.5) is 0 Å². The first-order valence-corrected chi connectivity index (χ1v) is 10.0. The first-order chi connectivity index (χ1) is 14.4. The minimum Gasteiger partial charge on any atom is -0.507 e. The number of furan rings is 1. The first kappa shape index (κ1) is 20.2. The summed E-state index contributed by atoms with van der Waals surface area (Å²) in [6.07, 6.45) is 1.35. The first-order valence-electron chi connectivity index (χ1n) is 10.0. The van der Waals surface area contributed by atoms with Gasteiger partial charge in [-0.05, 0) is 56.2 Å². The van der Waals surface area contributed by atoms with Gasteiger partial charge in [-0.3, -0.25) is 9.59 Å². The topological polar surface area (TPSA) is 89.2 Å². The number of carbonyl (C=O) groups is 2. The summed E-state index contributed by atoms with van der Waals surface area (Å²) in [5, 5.41) is 11.1. The standard InChI is InChI=1S/C23H25NO6/c1-13-5-7-18(29-13)20-19(22(26)23(27)24(20)9-4-10-28-3)21(25)15-6-8-17-16(12-15)11-14(2)30-17/h5-8,12,14,20,25H,4,9-11H2,1-3H3/b21-19+/t14-,20+/m1/s1. The van der Waals surface area contributed by atoms with Crippen molar-refractivity contribution >= 4 is 17.4 Å². The molecule has 0 unspecified atom stereocenters. The Morgan fingerprint density at radius 2 is 2.07 bits per heavy atom. The Bertz CT molecular complexity index is 1020. The molecule has 0 radical (unpaired) electrons. The maximum absolute atomic E-state index is 12.9. The van der Waals surface area contributed by atoms with Crippen LogP contribution in [0.3, 0.4) is 0 Å². The summed E-state index contributed by atoms with van der Waals surface area (Å²) in [4.78, 5) is 27.2. The second-order valence-corrected chi connectivity index (χ2v) is 7.74. The summed E-state index contributed by atoms with van der Waals surface area (Å²) in [5.74, 6) is 0.320. The van der Waals surface area contributed by atoms with Crippen molar-refractivity contribution < 1.29 is 28.6 Å². The van der Waals surface area contributed by atoms with Gasteiger partial charge in [-0.2, -0.15) is 0 Å². The van der Waals surface area contributed by atoms with Gasteiger partial charge in [0, 0.05) is 32.2 Å². The van der Waals surface area contributed by atoms with E-state index in [-0.39, 0.29) is 17.4 Å². The van der Waals surface area contributed by atoms with Gasteiger partial charge in [0.2, 0.25) is 0 Å². The molecule has 1 N–H and O–H groups in total. The predicted molar refractivity (Wildman–Crippen MR) is 109 cm³/mol. The highest BCUT2D eigenvalue weighted by atomic mass is 16.5. The van der Waals surface area contributed by atoms with Gasteiger partial charge in [0.25, 0.3) is 11.7 Å². The minimum atomic E-state index is -0.779. The number of nitrogens with zero attached hydrogens (tertiary/aromatic N) is 1. The number of Topliss-reactive ketones (excluding diaryl/α,β-unsaturated/α-hetero) is 1. The van der Waals surface area contributed by atoms with Gasteiger partial charge in [-0.1, -0.05) is 0 Å². The number of ether oxygens (including phenoxy) is 2. The van der Waals surface area contributed by atoms with Crippen molar-refractivity contribution in [1.82, 2.24) is 4.90 Å². The zero-order valence-corrected chi connectivity index (χ0v) is 17.3. The number of amides is 1. The van der Waals surface area contributed by atoms with Gasteiger partial charge in [-0.15, -0.1) is 0 Å². The van der Waals surface area contributed by atoms with E-state index in [0.717, 1.165) is 17.7 Å². The molecule has 1 saturated heterocycles. The Morgan fingerprint density at radius 1 is 1.27 bits per heavy atom. The van der Waals surface area contributed by atoms with E-state index in [1.165, 1.54) is 4.90 Å². The van der Waals surface area contributed by atoms with Crippen LogP contribution in [0.2, 0.25) is 0 Å². The second kappa shape index (κ2) is 7.99. The van der Waals surface area contributed by atoms with E-state index >= 15 is 0 Å². The number of aliphatic hydroxyl groups excluding tert-OH is 1. The maximum Gasteiger partial charge on any atom is 0.295 e. The average molecular weight is 411 g/mol. The molecule has 2 aliphatic rings. The van der Waals surface area contributed by atoms with E-state index in [1.807, 2.05) is 13.0 Å². The molecule has 3 heterocycles. The number of methoxy groups -OCH3 is 1. The molecule has 1 aromatic carbocycles. The summed E-state index contributed by atoms with van der Waals surface area (Å²) in [6.45, 7) is 4.54. The fourth-order valence-corrected chi connectivity index (χ4v) is 4.11. The molecule has 158 valence electrons. The molecule has 1 amide bonds. The normalized spacial score (nSPS) is 22.4. The summed E-state index contributed by atoms with van der Waals surface area (Å²) in [6, 6.07) is 8.04. The Kier molecular flexibility index (Phi) is 5.39. The third-order valence-electron chi connectivity index (χ3n) is 5.49. The lowest BCUT2D eigenvalue weighted by Crippen LogP contribution is -2.31. The van der Waals surface area contributed by atoms with E-state index in [2.05, 4.69) is 0 Å². The molecule has 1 fully saturated rings. The molecule has 1 aromatic heterocycles. The van der Waals surface area contributed by atoms with Crippen LogP contribution >= 0.6 is 0 Å². The lowest BCUT2D eigenvalue weighted by molar-refractivity contribution is -0.140. The van der Waals surface area contributed by atoms with E-state index < -0.39 is 17.7 Å². The van der Waals surface area contributed by atoms with Crippen LogP contribution in [0.5, 0.6) is 5.75 Å². The Labute approximate surface area is 174 Å². The molecule has 0 spiro atoms. The SMILES string of the molecule is COCCCN1C(=O)C(=O)/C(=C(/O)c2ccc3c(c2)C[C@@H](C)O3)[C@@H]1c1ccc(C)o1. The summed E-state index contributed by atoms with van der Waals surface area (Å²) in [5.41, 5.74) is 1.49. The maximum atomic E-state index is 12.9. The Balaban J connectivity index is 1.78. The lowest BCUT2D eigenvalue weighted by atomic mass is 9.97. The van der Waals surface area contributed by atoms with Crippen molar-refractivity contribution in [3.8, 4) is 5.75 Å². The highest BCUT2D eigenvalue weighted by Crippen LogP contribution is 2.41. The number of hydrogen-bond acceptors (Lipinski definition) is 6. The molecule has 7 nitrogen and oxygen atoms in total. The van der Waals surface area contributed by atoms with Gasteiger partial charge >= 0.3 is 0 Å². The van der Waals surface area contributed by atoms with Gasteiger partial charge in [0.15, 0.2) is 0 Å². The zero-order valence-electron chi connectivity index (χ0n) is 17.3. The third-order valence-corrected chi connectivity index (χ3v) is 5.49. The molecule has 0 saturated carbocycles. The number of aryl methyl sites for hydroxylation is 1. The monoisotopic (exact) mass is 411 g/mol. The number of hydrogen-bond donors (Lipinski definition) is 1. The van der Waals surface area contributed by atoms with Crippen LogP contribution < -0.4 is 4.74 Å². The lowest BCUT2D eigenvalue weighted by Gasteiger charge is -2.23. The van der Waals surface area contributed by atoms with Crippen LogP contribution in [-0.4, -0.2) is 48.1 Å². The van der Waals surface area contributed by atoms with Crippen LogP contribution in [0.25, 0.3) is 5.76 Å². The van der Waals surface area contributed by atoms with Gasteiger partial charge in [0.1, 0.15) is 35.2 Å². The molecule has 30 heavy (non-hydrogen) atoms. The molecule has 2 atom stereocenters. The average Bonchev–Trinajstić information content (AvgIpc) is 3.38.